The molecule has 1 aliphatic rings. The van der Waals surface area contributed by atoms with E-state index in [2.05, 4.69) is 27.2 Å². The van der Waals surface area contributed by atoms with Crippen LogP contribution in [0.4, 0.5) is 5.82 Å². The summed E-state index contributed by atoms with van der Waals surface area (Å²) in [7, 11) is 1.65. The Morgan fingerprint density at radius 2 is 1.84 bits per heavy atom. The molecule has 32 heavy (non-hydrogen) atoms. The molecule has 0 saturated carbocycles. The highest BCUT2D eigenvalue weighted by Crippen LogP contribution is 2.25. The van der Waals surface area contributed by atoms with Crippen LogP contribution in [-0.2, 0) is 11.3 Å². The number of carbonyl (C=O) groups excluding carboxylic acids is 1. The monoisotopic (exact) mass is 430 g/mol. The van der Waals surface area contributed by atoms with Crippen LogP contribution < -0.4 is 9.64 Å². The molecule has 1 saturated heterocycles. The topological polar surface area (TPSA) is 58.6 Å². The molecule has 3 aromatic rings. The second-order valence-corrected chi connectivity index (χ2v) is 8.13. The Morgan fingerprint density at radius 1 is 1.06 bits per heavy atom. The Bertz CT molecular complexity index is 1010. The van der Waals surface area contributed by atoms with Crippen LogP contribution in [0.3, 0.4) is 0 Å². The van der Waals surface area contributed by atoms with E-state index >= 15 is 0 Å². The zero-order chi connectivity index (χ0) is 22.3. The third-order valence-corrected chi connectivity index (χ3v) is 6.04. The maximum absolute atomic E-state index is 13.3. The van der Waals surface area contributed by atoms with Crippen molar-refractivity contribution in [1.29, 1.82) is 0 Å². The molecular weight excluding hydrogens is 400 g/mol. The van der Waals surface area contributed by atoms with Crippen molar-refractivity contribution in [2.24, 2.45) is 5.92 Å². The van der Waals surface area contributed by atoms with Gasteiger partial charge in [0.2, 0.25) is 5.91 Å². The van der Waals surface area contributed by atoms with Crippen molar-refractivity contribution in [3.63, 3.8) is 0 Å². The minimum atomic E-state index is -0.0181. The Hall–Kier alpha value is -3.41. The maximum Gasteiger partial charge on any atom is 0.227 e. The summed E-state index contributed by atoms with van der Waals surface area (Å²) >= 11 is 0. The highest BCUT2D eigenvalue weighted by molar-refractivity contribution is 5.79. The minimum Gasteiger partial charge on any atom is -0.497 e. The lowest BCUT2D eigenvalue weighted by molar-refractivity contribution is -0.136. The van der Waals surface area contributed by atoms with Crippen LogP contribution in [0.2, 0.25) is 0 Å². The van der Waals surface area contributed by atoms with Gasteiger partial charge in [-0.1, -0.05) is 30.3 Å². The summed E-state index contributed by atoms with van der Waals surface area (Å²) in [5.74, 6) is 1.85. The number of hydrogen-bond donors (Lipinski definition) is 0. The normalized spacial score (nSPS) is 15.9. The van der Waals surface area contributed by atoms with Crippen molar-refractivity contribution in [2.45, 2.75) is 26.3 Å². The van der Waals surface area contributed by atoms with Crippen LogP contribution in [0.5, 0.6) is 5.75 Å². The third-order valence-electron chi connectivity index (χ3n) is 6.04. The van der Waals surface area contributed by atoms with Gasteiger partial charge < -0.3 is 14.5 Å². The number of anilines is 1. The molecule has 6 nitrogen and oxygen atoms in total. The molecule has 4 rings (SSSR count). The average molecular weight is 431 g/mol. The molecule has 0 radical (unpaired) electrons. The number of piperidine rings is 1. The van der Waals surface area contributed by atoms with Crippen molar-refractivity contribution in [3.8, 4) is 17.0 Å². The number of aromatic nitrogens is 2. The SMILES string of the molecule is CCN(Cc1ccccc1)C(=O)C1CCCN(c2ccc(-c3ccc(OC)cc3)nn2)C1. The number of nitrogens with zero attached hydrogens (tertiary/aromatic N) is 4. The standard InChI is InChI=1S/C26H30N4O2/c1-3-29(18-20-8-5-4-6-9-20)26(31)22-10-7-17-30(19-22)25-16-15-24(27-28-25)21-11-13-23(32-2)14-12-21/h4-6,8-9,11-16,22H,3,7,10,17-19H2,1-2H3. The predicted molar refractivity (Wildman–Crippen MR) is 126 cm³/mol. The first-order valence-electron chi connectivity index (χ1n) is 11.2. The van der Waals surface area contributed by atoms with Gasteiger partial charge >= 0.3 is 0 Å². The molecule has 1 fully saturated rings. The van der Waals surface area contributed by atoms with Crippen LogP contribution in [0.15, 0.2) is 66.7 Å². The molecular formula is C26H30N4O2. The first kappa shape index (κ1) is 21.8. The van der Waals surface area contributed by atoms with E-state index in [4.69, 9.17) is 4.74 Å². The van der Waals surface area contributed by atoms with Gasteiger partial charge in [0, 0.05) is 31.7 Å². The van der Waals surface area contributed by atoms with Gasteiger partial charge in [-0.2, -0.15) is 0 Å². The average Bonchev–Trinajstić information content (AvgIpc) is 2.88. The predicted octanol–water partition coefficient (Wildman–Crippen LogP) is 4.42. The molecule has 0 aliphatic carbocycles. The van der Waals surface area contributed by atoms with Crippen molar-refractivity contribution in [1.82, 2.24) is 15.1 Å². The van der Waals surface area contributed by atoms with Crippen molar-refractivity contribution >= 4 is 11.7 Å². The van der Waals surface area contributed by atoms with E-state index in [0.29, 0.717) is 19.6 Å². The first-order chi connectivity index (χ1) is 15.7. The van der Waals surface area contributed by atoms with Crippen LogP contribution in [-0.4, -0.2) is 47.7 Å². The lowest BCUT2D eigenvalue weighted by Gasteiger charge is -2.35. The highest BCUT2D eigenvalue weighted by Gasteiger charge is 2.29. The van der Waals surface area contributed by atoms with Crippen LogP contribution in [0.1, 0.15) is 25.3 Å². The van der Waals surface area contributed by atoms with E-state index in [-0.39, 0.29) is 11.8 Å². The first-order valence-corrected chi connectivity index (χ1v) is 11.2. The van der Waals surface area contributed by atoms with Gasteiger partial charge in [-0.25, -0.2) is 0 Å². The lowest BCUT2D eigenvalue weighted by Crippen LogP contribution is -2.45. The van der Waals surface area contributed by atoms with Gasteiger partial charge in [0.1, 0.15) is 5.75 Å². The fraction of sp³-hybridized carbons (Fsp3) is 0.346. The summed E-state index contributed by atoms with van der Waals surface area (Å²) in [4.78, 5) is 17.4. The van der Waals surface area contributed by atoms with E-state index in [1.807, 2.05) is 66.4 Å². The summed E-state index contributed by atoms with van der Waals surface area (Å²) in [6, 6.07) is 22.0. The van der Waals surface area contributed by atoms with Crippen molar-refractivity contribution in [3.05, 3.63) is 72.3 Å². The molecule has 2 aromatic carbocycles. The van der Waals surface area contributed by atoms with Gasteiger partial charge in [-0.3, -0.25) is 4.79 Å². The van der Waals surface area contributed by atoms with E-state index in [1.165, 1.54) is 0 Å². The quantitative estimate of drug-likeness (QED) is 0.555. The molecule has 1 amide bonds. The molecule has 1 unspecified atom stereocenters. The maximum atomic E-state index is 13.3. The number of methoxy groups -OCH3 is 1. The van der Waals surface area contributed by atoms with E-state index in [1.54, 1.807) is 7.11 Å². The zero-order valence-corrected chi connectivity index (χ0v) is 18.8. The smallest absolute Gasteiger partial charge is 0.227 e. The Balaban J connectivity index is 1.42. The largest absolute Gasteiger partial charge is 0.497 e. The molecule has 0 N–H and O–H groups in total. The van der Waals surface area contributed by atoms with Gasteiger partial charge in [-0.15, -0.1) is 10.2 Å². The Kier molecular flexibility index (Phi) is 7.00. The molecule has 166 valence electrons. The second-order valence-electron chi connectivity index (χ2n) is 8.13. The number of hydrogen-bond acceptors (Lipinski definition) is 5. The molecule has 2 heterocycles. The number of amides is 1. The third kappa shape index (κ3) is 5.07. The van der Waals surface area contributed by atoms with E-state index in [0.717, 1.165) is 47.8 Å². The molecule has 6 heteroatoms. The van der Waals surface area contributed by atoms with Gasteiger partial charge in [-0.05, 0) is 61.7 Å². The number of rotatable bonds is 7. The van der Waals surface area contributed by atoms with Crippen LogP contribution >= 0.6 is 0 Å². The molecule has 0 spiro atoms. The minimum absolute atomic E-state index is 0.0181. The summed E-state index contributed by atoms with van der Waals surface area (Å²) in [6.45, 7) is 4.99. The summed E-state index contributed by atoms with van der Waals surface area (Å²) in [5, 5.41) is 8.90. The number of ether oxygens (including phenoxy) is 1. The van der Waals surface area contributed by atoms with Gasteiger partial charge in [0.05, 0.1) is 18.7 Å². The Labute approximate surface area is 189 Å². The van der Waals surface area contributed by atoms with Crippen molar-refractivity contribution < 1.29 is 9.53 Å². The fourth-order valence-corrected chi connectivity index (χ4v) is 4.20. The second kappa shape index (κ2) is 10.3. The summed E-state index contributed by atoms with van der Waals surface area (Å²) in [5.41, 5.74) is 2.98. The van der Waals surface area contributed by atoms with Gasteiger partial charge in [0.15, 0.2) is 5.82 Å². The number of benzene rings is 2. The van der Waals surface area contributed by atoms with E-state index < -0.39 is 0 Å². The zero-order valence-electron chi connectivity index (χ0n) is 18.8. The summed E-state index contributed by atoms with van der Waals surface area (Å²) in [6.07, 6.45) is 1.89. The fourth-order valence-electron chi connectivity index (χ4n) is 4.20. The molecule has 1 atom stereocenters. The molecule has 1 aromatic heterocycles. The highest BCUT2D eigenvalue weighted by atomic mass is 16.5. The van der Waals surface area contributed by atoms with Crippen LogP contribution in [0, 0.1) is 5.92 Å². The van der Waals surface area contributed by atoms with Crippen LogP contribution in [0.25, 0.3) is 11.3 Å². The molecule has 1 aliphatic heterocycles. The summed E-state index contributed by atoms with van der Waals surface area (Å²) < 4.78 is 5.22. The number of carbonyl (C=O) groups is 1. The Morgan fingerprint density at radius 3 is 2.50 bits per heavy atom. The van der Waals surface area contributed by atoms with Crippen molar-refractivity contribution in [2.75, 3.05) is 31.6 Å². The van der Waals surface area contributed by atoms with E-state index in [9.17, 15) is 4.79 Å². The van der Waals surface area contributed by atoms with Gasteiger partial charge in [0.25, 0.3) is 0 Å². The molecule has 0 bridgehead atoms. The lowest BCUT2D eigenvalue weighted by atomic mass is 9.96.